The van der Waals surface area contributed by atoms with Gasteiger partial charge in [0.25, 0.3) is 11.6 Å². The van der Waals surface area contributed by atoms with E-state index < -0.39 is 4.92 Å². The van der Waals surface area contributed by atoms with Gasteiger partial charge in [-0.25, -0.2) is 0 Å². The predicted octanol–water partition coefficient (Wildman–Crippen LogP) is 4.66. The number of aryl methyl sites for hydroxylation is 1. The highest BCUT2D eigenvalue weighted by molar-refractivity contribution is 5.98. The van der Waals surface area contributed by atoms with E-state index in [1.807, 2.05) is 11.8 Å². The molecule has 0 aromatic heterocycles. The van der Waals surface area contributed by atoms with Crippen LogP contribution >= 0.6 is 0 Å². The third-order valence-corrected chi connectivity index (χ3v) is 5.46. The van der Waals surface area contributed by atoms with Crippen molar-refractivity contribution in [3.05, 3.63) is 39.4 Å². The van der Waals surface area contributed by atoms with Crippen molar-refractivity contribution in [2.24, 2.45) is 5.92 Å². The van der Waals surface area contributed by atoms with E-state index in [0.29, 0.717) is 12.5 Å². The SMILES string of the molecule is CCCCCN(C(=O)c1cc(C)ccc1[N+](=O)[O-])C1CCN(CC(C)C)CC1. The van der Waals surface area contributed by atoms with Crippen molar-refractivity contribution < 1.29 is 9.72 Å². The number of unbranched alkanes of at least 4 members (excludes halogenated alkanes) is 2. The summed E-state index contributed by atoms with van der Waals surface area (Å²) in [5.74, 6) is 0.447. The number of likely N-dealkylation sites (tertiary alicyclic amines) is 1. The molecule has 0 aliphatic carbocycles. The van der Waals surface area contributed by atoms with E-state index in [1.165, 1.54) is 6.07 Å². The van der Waals surface area contributed by atoms with Crippen molar-refractivity contribution in [3.8, 4) is 0 Å². The zero-order chi connectivity index (χ0) is 20.7. The Kier molecular flexibility index (Phi) is 8.42. The Balaban J connectivity index is 2.20. The van der Waals surface area contributed by atoms with Gasteiger partial charge in [-0.2, -0.15) is 0 Å². The van der Waals surface area contributed by atoms with Gasteiger partial charge in [-0.15, -0.1) is 0 Å². The summed E-state index contributed by atoms with van der Waals surface area (Å²) in [5.41, 5.74) is 1.01. The van der Waals surface area contributed by atoms with Gasteiger partial charge >= 0.3 is 0 Å². The normalized spacial score (nSPS) is 15.8. The van der Waals surface area contributed by atoms with E-state index in [-0.39, 0.29) is 23.2 Å². The lowest BCUT2D eigenvalue weighted by Gasteiger charge is -2.39. The van der Waals surface area contributed by atoms with Crippen molar-refractivity contribution in [1.29, 1.82) is 0 Å². The van der Waals surface area contributed by atoms with Gasteiger partial charge in [-0.3, -0.25) is 14.9 Å². The molecule has 0 atom stereocenters. The highest BCUT2D eigenvalue weighted by Crippen LogP contribution is 2.26. The Morgan fingerprint density at radius 2 is 1.96 bits per heavy atom. The molecule has 0 spiro atoms. The number of nitro benzene ring substituents is 1. The first-order valence-corrected chi connectivity index (χ1v) is 10.6. The molecule has 2 rings (SSSR count). The fourth-order valence-corrected chi connectivity index (χ4v) is 4.05. The second kappa shape index (κ2) is 10.6. The van der Waals surface area contributed by atoms with Gasteiger partial charge in [0.05, 0.1) is 4.92 Å². The summed E-state index contributed by atoms with van der Waals surface area (Å²) in [7, 11) is 0. The molecule has 0 saturated carbocycles. The number of piperidine rings is 1. The van der Waals surface area contributed by atoms with Crippen LogP contribution in [0.1, 0.15) is 68.8 Å². The molecular formula is C22H35N3O3. The molecule has 1 heterocycles. The van der Waals surface area contributed by atoms with Crippen LogP contribution in [-0.2, 0) is 0 Å². The van der Waals surface area contributed by atoms with E-state index in [9.17, 15) is 14.9 Å². The maximum atomic E-state index is 13.4. The van der Waals surface area contributed by atoms with Gasteiger partial charge in [0.1, 0.15) is 5.56 Å². The Hall–Kier alpha value is -1.95. The van der Waals surface area contributed by atoms with E-state index in [2.05, 4.69) is 25.7 Å². The second-order valence-electron chi connectivity index (χ2n) is 8.41. The molecule has 6 nitrogen and oxygen atoms in total. The second-order valence-corrected chi connectivity index (χ2v) is 8.41. The van der Waals surface area contributed by atoms with Crippen LogP contribution in [0.3, 0.4) is 0 Å². The molecule has 0 radical (unpaired) electrons. The van der Waals surface area contributed by atoms with Gasteiger partial charge in [0.2, 0.25) is 0 Å². The highest BCUT2D eigenvalue weighted by atomic mass is 16.6. The summed E-state index contributed by atoms with van der Waals surface area (Å²) in [6.07, 6.45) is 4.95. The molecule has 1 aliphatic rings. The van der Waals surface area contributed by atoms with Crippen LogP contribution < -0.4 is 0 Å². The minimum atomic E-state index is -0.442. The Bertz CT molecular complexity index is 667. The standard InChI is InChI=1S/C22H35N3O3/c1-5-6-7-12-24(19-10-13-23(14-11-19)16-17(2)3)22(26)20-15-18(4)8-9-21(20)25(27)28/h8-9,15,17,19H,5-7,10-14,16H2,1-4H3. The van der Waals surface area contributed by atoms with Crippen LogP contribution in [0.5, 0.6) is 0 Å². The molecule has 1 saturated heterocycles. The predicted molar refractivity (Wildman–Crippen MR) is 113 cm³/mol. The Labute approximate surface area is 169 Å². The lowest BCUT2D eigenvalue weighted by Crippen LogP contribution is -2.48. The number of carbonyl (C=O) groups is 1. The Morgan fingerprint density at radius 3 is 2.54 bits per heavy atom. The molecule has 0 unspecified atom stereocenters. The van der Waals surface area contributed by atoms with Crippen LogP contribution in [-0.4, -0.2) is 52.9 Å². The minimum absolute atomic E-state index is 0.0895. The van der Waals surface area contributed by atoms with Gasteiger partial charge in [0, 0.05) is 38.3 Å². The van der Waals surface area contributed by atoms with Crippen LogP contribution in [0.25, 0.3) is 0 Å². The number of hydrogen-bond acceptors (Lipinski definition) is 4. The van der Waals surface area contributed by atoms with Crippen molar-refractivity contribution in [1.82, 2.24) is 9.80 Å². The smallest absolute Gasteiger partial charge is 0.282 e. The van der Waals surface area contributed by atoms with Gasteiger partial charge in [0.15, 0.2) is 0 Å². The van der Waals surface area contributed by atoms with Crippen molar-refractivity contribution >= 4 is 11.6 Å². The molecule has 156 valence electrons. The average Bonchev–Trinajstić information content (AvgIpc) is 2.65. The van der Waals surface area contributed by atoms with Crippen molar-refractivity contribution in [2.45, 2.75) is 65.8 Å². The van der Waals surface area contributed by atoms with E-state index >= 15 is 0 Å². The zero-order valence-corrected chi connectivity index (χ0v) is 17.8. The third kappa shape index (κ3) is 6.03. The van der Waals surface area contributed by atoms with Crippen LogP contribution in [0, 0.1) is 23.0 Å². The number of carbonyl (C=O) groups excluding carboxylic acids is 1. The summed E-state index contributed by atoms with van der Waals surface area (Å²) in [4.78, 5) is 28.8. The first-order valence-electron chi connectivity index (χ1n) is 10.6. The van der Waals surface area contributed by atoms with E-state index in [1.54, 1.807) is 12.1 Å². The molecule has 1 amide bonds. The topological polar surface area (TPSA) is 66.7 Å². The molecule has 1 aliphatic heterocycles. The van der Waals surface area contributed by atoms with Gasteiger partial charge in [-0.1, -0.05) is 39.7 Å². The number of rotatable bonds is 9. The molecule has 1 fully saturated rings. The molecular weight excluding hydrogens is 354 g/mol. The number of nitro groups is 1. The number of nitrogens with zero attached hydrogens (tertiary/aromatic N) is 3. The van der Waals surface area contributed by atoms with Crippen LogP contribution in [0.15, 0.2) is 18.2 Å². The number of amides is 1. The third-order valence-electron chi connectivity index (χ3n) is 5.46. The van der Waals surface area contributed by atoms with Gasteiger partial charge < -0.3 is 9.80 Å². The van der Waals surface area contributed by atoms with Crippen LogP contribution in [0.4, 0.5) is 5.69 Å². The van der Waals surface area contributed by atoms with Crippen molar-refractivity contribution in [2.75, 3.05) is 26.2 Å². The van der Waals surface area contributed by atoms with Gasteiger partial charge in [-0.05, 0) is 43.7 Å². The fraction of sp³-hybridized carbons (Fsp3) is 0.682. The summed E-state index contributed by atoms with van der Waals surface area (Å²) in [6, 6.07) is 4.98. The maximum Gasteiger partial charge on any atom is 0.282 e. The summed E-state index contributed by atoms with van der Waals surface area (Å²) in [5, 5.41) is 11.5. The van der Waals surface area contributed by atoms with E-state index in [4.69, 9.17) is 0 Å². The van der Waals surface area contributed by atoms with Crippen LogP contribution in [0.2, 0.25) is 0 Å². The lowest BCUT2D eigenvalue weighted by atomic mass is 9.99. The first kappa shape index (κ1) is 22.3. The Morgan fingerprint density at radius 1 is 1.29 bits per heavy atom. The maximum absolute atomic E-state index is 13.4. The molecule has 0 N–H and O–H groups in total. The summed E-state index contributed by atoms with van der Waals surface area (Å²) in [6.45, 7) is 12.2. The molecule has 6 heteroatoms. The average molecular weight is 390 g/mol. The number of benzene rings is 1. The molecule has 28 heavy (non-hydrogen) atoms. The minimum Gasteiger partial charge on any atom is -0.335 e. The summed E-state index contributed by atoms with van der Waals surface area (Å²) < 4.78 is 0. The fourth-order valence-electron chi connectivity index (χ4n) is 4.05. The zero-order valence-electron chi connectivity index (χ0n) is 17.8. The molecule has 0 bridgehead atoms. The van der Waals surface area contributed by atoms with Crippen molar-refractivity contribution in [3.63, 3.8) is 0 Å². The first-order chi connectivity index (χ1) is 13.3. The van der Waals surface area contributed by atoms with E-state index in [0.717, 1.165) is 57.3 Å². The number of hydrogen-bond donors (Lipinski definition) is 0. The molecule has 1 aromatic rings. The highest BCUT2D eigenvalue weighted by Gasteiger charge is 2.31. The summed E-state index contributed by atoms with van der Waals surface area (Å²) >= 11 is 0. The largest absolute Gasteiger partial charge is 0.335 e. The molecule has 1 aromatic carbocycles. The lowest BCUT2D eigenvalue weighted by molar-refractivity contribution is -0.385. The monoisotopic (exact) mass is 389 g/mol. The quantitative estimate of drug-likeness (QED) is 0.350.